The lowest BCUT2D eigenvalue weighted by Gasteiger charge is -2.28. The quantitative estimate of drug-likeness (QED) is 0.826. The number of hydrogen-bond donors (Lipinski definition) is 1. The molecule has 94 valence electrons. The minimum absolute atomic E-state index is 0.317. The lowest BCUT2D eigenvalue weighted by molar-refractivity contribution is -0.203. The molecule has 0 radical (unpaired) electrons. The predicted octanol–water partition coefficient (Wildman–Crippen LogP) is 1.66. The van der Waals surface area contributed by atoms with Crippen LogP contribution >= 0.6 is 0 Å². The molecule has 0 aliphatic heterocycles. The number of alkyl halides is 3. The van der Waals surface area contributed by atoms with Gasteiger partial charge in [0.2, 0.25) is 5.54 Å². The topological polar surface area (TPSA) is 52.3 Å². The number of hydrogen-bond acceptors (Lipinski definition) is 3. The van der Waals surface area contributed by atoms with Crippen LogP contribution in [0.15, 0.2) is 30.3 Å². The largest absolute Gasteiger partial charge is 0.467 e. The third-order valence-electron chi connectivity index (χ3n) is 2.38. The molecule has 2 N–H and O–H groups in total. The first-order valence-electron chi connectivity index (χ1n) is 4.79. The van der Waals surface area contributed by atoms with E-state index in [0.717, 1.165) is 7.11 Å². The summed E-state index contributed by atoms with van der Waals surface area (Å²) >= 11 is 0. The van der Waals surface area contributed by atoms with Crippen LogP contribution < -0.4 is 5.73 Å². The summed E-state index contributed by atoms with van der Waals surface area (Å²) in [5.41, 5.74) is 2.47. The molecule has 0 amide bonds. The fourth-order valence-corrected chi connectivity index (χ4v) is 1.39. The second-order valence-electron chi connectivity index (χ2n) is 3.62. The van der Waals surface area contributed by atoms with Crippen molar-refractivity contribution >= 4 is 5.97 Å². The van der Waals surface area contributed by atoms with E-state index in [4.69, 9.17) is 5.73 Å². The van der Waals surface area contributed by atoms with Gasteiger partial charge in [0.15, 0.2) is 0 Å². The van der Waals surface area contributed by atoms with Gasteiger partial charge in [0.1, 0.15) is 0 Å². The van der Waals surface area contributed by atoms with Crippen LogP contribution in [0.5, 0.6) is 0 Å². The molecule has 3 nitrogen and oxygen atoms in total. The molecular formula is C11H12F3NO2. The molecule has 0 aliphatic rings. The van der Waals surface area contributed by atoms with E-state index < -0.39 is 24.1 Å². The highest BCUT2D eigenvalue weighted by atomic mass is 19.4. The fraction of sp³-hybridized carbons (Fsp3) is 0.364. The number of benzene rings is 1. The van der Waals surface area contributed by atoms with Gasteiger partial charge in [-0.05, 0) is 5.56 Å². The van der Waals surface area contributed by atoms with E-state index in [1.165, 1.54) is 12.1 Å². The van der Waals surface area contributed by atoms with Crippen LogP contribution in [0.3, 0.4) is 0 Å². The van der Waals surface area contributed by atoms with Gasteiger partial charge >= 0.3 is 12.1 Å². The van der Waals surface area contributed by atoms with Crippen molar-refractivity contribution in [1.82, 2.24) is 0 Å². The number of carbonyl (C=O) groups excluding carboxylic acids is 1. The maximum Gasteiger partial charge on any atom is 0.417 e. The van der Waals surface area contributed by atoms with Crippen LogP contribution in [-0.4, -0.2) is 24.8 Å². The van der Waals surface area contributed by atoms with Crippen LogP contribution in [0, 0.1) is 0 Å². The summed E-state index contributed by atoms with van der Waals surface area (Å²) < 4.78 is 42.5. The zero-order valence-electron chi connectivity index (χ0n) is 9.12. The highest BCUT2D eigenvalue weighted by Gasteiger charge is 2.58. The number of carbonyl (C=O) groups is 1. The smallest absolute Gasteiger partial charge is 0.417 e. The van der Waals surface area contributed by atoms with Crippen molar-refractivity contribution < 1.29 is 22.7 Å². The van der Waals surface area contributed by atoms with Crippen molar-refractivity contribution in [2.45, 2.75) is 18.1 Å². The Labute approximate surface area is 96.4 Å². The minimum atomic E-state index is -4.87. The SMILES string of the molecule is COC(=O)[C@@](N)(Cc1ccccc1)C(F)(F)F. The van der Waals surface area contributed by atoms with Gasteiger partial charge in [-0.3, -0.25) is 0 Å². The molecule has 0 spiro atoms. The number of halogens is 3. The third kappa shape index (κ3) is 2.76. The Bertz CT molecular complexity index is 391. The molecule has 0 heterocycles. The summed E-state index contributed by atoms with van der Waals surface area (Å²) in [6.07, 6.45) is -5.51. The average molecular weight is 247 g/mol. The van der Waals surface area contributed by atoms with Gasteiger partial charge < -0.3 is 10.5 Å². The van der Waals surface area contributed by atoms with Gasteiger partial charge in [0.25, 0.3) is 0 Å². The summed E-state index contributed by atoms with van der Waals surface area (Å²) in [6.45, 7) is 0. The number of esters is 1. The molecule has 0 unspecified atom stereocenters. The average Bonchev–Trinajstić information content (AvgIpc) is 2.27. The summed E-state index contributed by atoms with van der Waals surface area (Å²) in [5.74, 6) is -1.49. The lowest BCUT2D eigenvalue weighted by Crippen LogP contribution is -2.61. The summed E-state index contributed by atoms with van der Waals surface area (Å²) in [6, 6.07) is 7.74. The van der Waals surface area contributed by atoms with E-state index in [2.05, 4.69) is 4.74 Å². The van der Waals surface area contributed by atoms with Crippen molar-refractivity contribution in [2.75, 3.05) is 7.11 Å². The van der Waals surface area contributed by atoms with Crippen LogP contribution in [0.25, 0.3) is 0 Å². The lowest BCUT2D eigenvalue weighted by atomic mass is 9.91. The second kappa shape index (κ2) is 4.75. The minimum Gasteiger partial charge on any atom is -0.467 e. The molecule has 1 atom stereocenters. The van der Waals surface area contributed by atoms with Crippen LogP contribution in [0.1, 0.15) is 5.56 Å². The molecule has 0 saturated heterocycles. The maximum atomic E-state index is 12.8. The Morgan fingerprint density at radius 2 is 1.82 bits per heavy atom. The van der Waals surface area contributed by atoms with Gasteiger partial charge in [-0.1, -0.05) is 30.3 Å². The highest BCUT2D eigenvalue weighted by molar-refractivity contribution is 5.82. The van der Waals surface area contributed by atoms with Crippen molar-refractivity contribution in [3.8, 4) is 0 Å². The molecule has 0 bridgehead atoms. The zero-order valence-corrected chi connectivity index (χ0v) is 9.12. The van der Waals surface area contributed by atoms with Crippen LogP contribution in [-0.2, 0) is 16.0 Å². The van der Waals surface area contributed by atoms with Crippen molar-refractivity contribution in [3.05, 3.63) is 35.9 Å². The first kappa shape index (κ1) is 13.5. The van der Waals surface area contributed by atoms with Gasteiger partial charge in [0.05, 0.1) is 7.11 Å². The van der Waals surface area contributed by atoms with E-state index in [9.17, 15) is 18.0 Å². The van der Waals surface area contributed by atoms with Crippen molar-refractivity contribution in [2.24, 2.45) is 5.73 Å². The maximum absolute atomic E-state index is 12.8. The summed E-state index contributed by atoms with van der Waals surface area (Å²) in [7, 11) is 0.876. The molecule has 17 heavy (non-hydrogen) atoms. The van der Waals surface area contributed by atoms with Crippen molar-refractivity contribution in [3.63, 3.8) is 0 Å². The second-order valence-corrected chi connectivity index (χ2v) is 3.62. The van der Waals surface area contributed by atoms with Gasteiger partial charge in [0, 0.05) is 6.42 Å². The first-order valence-corrected chi connectivity index (χ1v) is 4.79. The monoisotopic (exact) mass is 247 g/mol. The number of ether oxygens (including phenoxy) is 1. The number of methoxy groups -OCH3 is 1. The molecule has 0 aromatic heterocycles. The molecular weight excluding hydrogens is 235 g/mol. The van der Waals surface area contributed by atoms with Gasteiger partial charge in [-0.15, -0.1) is 0 Å². The zero-order chi connectivity index (χ0) is 13.1. The Morgan fingerprint density at radius 1 is 1.29 bits per heavy atom. The Hall–Kier alpha value is -1.56. The van der Waals surface area contributed by atoms with Gasteiger partial charge in [-0.2, -0.15) is 13.2 Å². The fourth-order valence-electron chi connectivity index (χ4n) is 1.39. The molecule has 0 aliphatic carbocycles. The Morgan fingerprint density at radius 3 is 2.24 bits per heavy atom. The standard InChI is InChI=1S/C11H12F3NO2/c1-17-9(16)10(15,11(12,13)14)7-8-5-3-2-4-6-8/h2-6H,7,15H2,1H3/t10-/m0/s1. The Kier molecular flexibility index (Phi) is 3.77. The van der Waals surface area contributed by atoms with Crippen molar-refractivity contribution in [1.29, 1.82) is 0 Å². The van der Waals surface area contributed by atoms with Crippen LogP contribution in [0.4, 0.5) is 13.2 Å². The third-order valence-corrected chi connectivity index (χ3v) is 2.38. The van der Waals surface area contributed by atoms with E-state index in [-0.39, 0.29) is 0 Å². The van der Waals surface area contributed by atoms with E-state index >= 15 is 0 Å². The number of nitrogens with two attached hydrogens (primary N) is 1. The van der Waals surface area contributed by atoms with E-state index in [1.54, 1.807) is 18.2 Å². The first-order chi connectivity index (χ1) is 7.81. The number of rotatable bonds is 3. The molecule has 0 fully saturated rings. The van der Waals surface area contributed by atoms with Crippen LogP contribution in [0.2, 0.25) is 0 Å². The summed E-state index contributed by atoms with van der Waals surface area (Å²) in [5, 5.41) is 0. The predicted molar refractivity (Wildman–Crippen MR) is 55.1 cm³/mol. The van der Waals surface area contributed by atoms with E-state index in [1.807, 2.05) is 0 Å². The van der Waals surface area contributed by atoms with Gasteiger partial charge in [-0.25, -0.2) is 4.79 Å². The molecule has 6 heteroatoms. The molecule has 1 aromatic carbocycles. The Balaban J connectivity index is 3.05. The summed E-state index contributed by atoms with van der Waals surface area (Å²) in [4.78, 5) is 11.2. The molecule has 1 aromatic rings. The normalized spacial score (nSPS) is 15.1. The molecule has 1 rings (SSSR count). The molecule has 0 saturated carbocycles. The van der Waals surface area contributed by atoms with E-state index in [0.29, 0.717) is 5.56 Å². The highest BCUT2D eigenvalue weighted by Crippen LogP contribution is 2.32.